The zero-order valence-corrected chi connectivity index (χ0v) is 13.3. The van der Waals surface area contributed by atoms with Crippen LogP contribution in [0.5, 0.6) is 0 Å². The molecule has 0 spiro atoms. The van der Waals surface area contributed by atoms with Crippen molar-refractivity contribution in [2.45, 2.75) is 51.6 Å². The van der Waals surface area contributed by atoms with Crippen LogP contribution in [0.25, 0.3) is 0 Å². The molecule has 1 aliphatic heterocycles. The van der Waals surface area contributed by atoms with Gasteiger partial charge in [-0.05, 0) is 32.1 Å². The highest BCUT2D eigenvalue weighted by Gasteiger charge is 2.46. The van der Waals surface area contributed by atoms with Gasteiger partial charge in [-0.3, -0.25) is 9.59 Å². The number of piperazine rings is 1. The van der Waals surface area contributed by atoms with E-state index in [0.29, 0.717) is 18.9 Å². The van der Waals surface area contributed by atoms with E-state index in [-0.39, 0.29) is 23.9 Å². The lowest BCUT2D eigenvalue weighted by atomic mass is 10.0. The van der Waals surface area contributed by atoms with E-state index in [9.17, 15) is 9.59 Å². The number of hydrogen-bond donors (Lipinski definition) is 1. The number of thiazole rings is 1. The van der Waals surface area contributed by atoms with E-state index in [1.54, 1.807) is 16.2 Å². The zero-order valence-electron chi connectivity index (χ0n) is 12.5. The van der Waals surface area contributed by atoms with Crippen molar-refractivity contribution in [2.24, 2.45) is 5.92 Å². The minimum Gasteiger partial charge on any atom is -0.342 e. The fourth-order valence-corrected chi connectivity index (χ4v) is 3.70. The van der Waals surface area contributed by atoms with Crippen LogP contribution in [0.2, 0.25) is 0 Å². The molecule has 114 valence electrons. The molecule has 2 heterocycles. The minimum atomic E-state index is -0.325. The number of aryl methyl sites for hydroxylation is 1. The lowest BCUT2D eigenvalue weighted by Crippen LogP contribution is -2.64. The summed E-state index contributed by atoms with van der Waals surface area (Å²) in [5, 5.41) is 5.97. The fraction of sp³-hybridized carbons (Fsp3) is 0.667. The van der Waals surface area contributed by atoms with E-state index in [1.165, 1.54) is 0 Å². The van der Waals surface area contributed by atoms with Gasteiger partial charge in [0, 0.05) is 24.0 Å². The van der Waals surface area contributed by atoms with E-state index in [4.69, 9.17) is 0 Å². The van der Waals surface area contributed by atoms with E-state index in [0.717, 1.165) is 30.0 Å². The molecule has 2 unspecified atom stereocenters. The SMILES string of the molecule is CCC1C(=O)NC(C2CC2)C(=O)N1CCc1nc(C)cs1. The number of rotatable bonds is 5. The molecule has 2 atom stereocenters. The molecule has 1 aromatic rings. The smallest absolute Gasteiger partial charge is 0.246 e. The van der Waals surface area contributed by atoms with Gasteiger partial charge in [0.15, 0.2) is 0 Å². The van der Waals surface area contributed by atoms with E-state index in [1.807, 2.05) is 19.2 Å². The second-order valence-electron chi connectivity index (χ2n) is 5.91. The Morgan fingerprint density at radius 1 is 1.43 bits per heavy atom. The van der Waals surface area contributed by atoms with Crippen molar-refractivity contribution in [2.75, 3.05) is 6.54 Å². The Bertz CT molecular complexity index is 553. The molecule has 1 aromatic heterocycles. The Morgan fingerprint density at radius 2 is 2.19 bits per heavy atom. The van der Waals surface area contributed by atoms with E-state index >= 15 is 0 Å². The lowest BCUT2D eigenvalue weighted by molar-refractivity contribution is -0.150. The molecule has 6 heteroatoms. The highest BCUT2D eigenvalue weighted by Crippen LogP contribution is 2.35. The molecule has 1 saturated carbocycles. The van der Waals surface area contributed by atoms with Crippen LogP contribution in [-0.2, 0) is 16.0 Å². The van der Waals surface area contributed by atoms with Crippen LogP contribution < -0.4 is 5.32 Å². The summed E-state index contributed by atoms with van der Waals surface area (Å²) < 4.78 is 0. The van der Waals surface area contributed by atoms with Gasteiger partial charge in [0.2, 0.25) is 11.8 Å². The Labute approximate surface area is 128 Å². The maximum absolute atomic E-state index is 12.6. The standard InChI is InChI=1S/C15H21N3O2S/c1-3-11-14(19)17-13(10-4-5-10)15(20)18(11)7-6-12-16-9(2)8-21-12/h8,10-11,13H,3-7H2,1-2H3,(H,17,19). The largest absolute Gasteiger partial charge is 0.342 e. The molecule has 2 aliphatic rings. The van der Waals surface area contributed by atoms with Gasteiger partial charge in [0.25, 0.3) is 0 Å². The first kappa shape index (κ1) is 14.5. The van der Waals surface area contributed by atoms with Crippen molar-refractivity contribution < 1.29 is 9.59 Å². The molecule has 2 fully saturated rings. The molecule has 3 rings (SSSR count). The molecule has 0 bridgehead atoms. The maximum Gasteiger partial charge on any atom is 0.246 e. The monoisotopic (exact) mass is 307 g/mol. The highest BCUT2D eigenvalue weighted by atomic mass is 32.1. The fourth-order valence-electron chi connectivity index (χ4n) is 2.94. The summed E-state index contributed by atoms with van der Waals surface area (Å²) in [4.78, 5) is 31.1. The van der Waals surface area contributed by atoms with Gasteiger partial charge < -0.3 is 10.2 Å². The quantitative estimate of drug-likeness (QED) is 0.897. The number of carbonyl (C=O) groups is 2. The highest BCUT2D eigenvalue weighted by molar-refractivity contribution is 7.09. The molecule has 0 aromatic carbocycles. The Hall–Kier alpha value is -1.43. The molecule has 21 heavy (non-hydrogen) atoms. The van der Waals surface area contributed by atoms with Gasteiger partial charge in [-0.2, -0.15) is 0 Å². The van der Waals surface area contributed by atoms with Crippen molar-refractivity contribution in [3.05, 3.63) is 16.1 Å². The number of carbonyl (C=O) groups excluding carboxylic acids is 2. The number of nitrogens with one attached hydrogen (secondary N) is 1. The summed E-state index contributed by atoms with van der Waals surface area (Å²) in [6.45, 7) is 4.51. The second kappa shape index (κ2) is 5.75. The van der Waals surface area contributed by atoms with Crippen LogP contribution in [-0.4, -0.2) is 40.3 Å². The number of aromatic nitrogens is 1. The van der Waals surface area contributed by atoms with Gasteiger partial charge in [-0.1, -0.05) is 6.92 Å². The van der Waals surface area contributed by atoms with Crippen LogP contribution in [0, 0.1) is 12.8 Å². The lowest BCUT2D eigenvalue weighted by Gasteiger charge is -2.38. The summed E-state index contributed by atoms with van der Waals surface area (Å²) in [7, 11) is 0. The van der Waals surface area contributed by atoms with Crippen LogP contribution >= 0.6 is 11.3 Å². The van der Waals surface area contributed by atoms with Crippen molar-refractivity contribution >= 4 is 23.2 Å². The first-order valence-corrected chi connectivity index (χ1v) is 8.50. The average molecular weight is 307 g/mol. The van der Waals surface area contributed by atoms with Crippen molar-refractivity contribution in [1.29, 1.82) is 0 Å². The van der Waals surface area contributed by atoms with E-state index < -0.39 is 0 Å². The summed E-state index contributed by atoms with van der Waals surface area (Å²) in [6.07, 6.45) is 3.48. The Kier molecular flexibility index (Phi) is 3.97. The third-order valence-electron chi connectivity index (χ3n) is 4.24. The Morgan fingerprint density at radius 3 is 2.76 bits per heavy atom. The normalized spacial score (nSPS) is 26.1. The van der Waals surface area contributed by atoms with Crippen LogP contribution in [0.15, 0.2) is 5.38 Å². The van der Waals surface area contributed by atoms with Crippen LogP contribution in [0.1, 0.15) is 36.9 Å². The van der Waals surface area contributed by atoms with Crippen LogP contribution in [0.4, 0.5) is 0 Å². The third kappa shape index (κ3) is 2.95. The average Bonchev–Trinajstić information content (AvgIpc) is 3.22. The number of nitrogens with zero attached hydrogens (tertiary/aromatic N) is 2. The maximum atomic E-state index is 12.6. The molecule has 5 nitrogen and oxygen atoms in total. The molecule has 1 saturated heterocycles. The molecule has 1 N–H and O–H groups in total. The van der Waals surface area contributed by atoms with Crippen LogP contribution in [0.3, 0.4) is 0 Å². The third-order valence-corrected chi connectivity index (χ3v) is 5.27. The molecular weight excluding hydrogens is 286 g/mol. The van der Waals surface area contributed by atoms with Gasteiger partial charge in [-0.15, -0.1) is 11.3 Å². The van der Waals surface area contributed by atoms with Crippen molar-refractivity contribution in [3.8, 4) is 0 Å². The van der Waals surface area contributed by atoms with Gasteiger partial charge in [0.1, 0.15) is 12.1 Å². The van der Waals surface area contributed by atoms with Gasteiger partial charge in [-0.25, -0.2) is 4.98 Å². The first-order chi connectivity index (χ1) is 10.1. The summed E-state index contributed by atoms with van der Waals surface area (Å²) >= 11 is 1.62. The molecule has 0 radical (unpaired) electrons. The summed E-state index contributed by atoms with van der Waals surface area (Å²) in [6, 6.07) is -0.619. The van der Waals surface area contributed by atoms with Gasteiger partial charge >= 0.3 is 0 Å². The second-order valence-corrected chi connectivity index (χ2v) is 6.85. The first-order valence-electron chi connectivity index (χ1n) is 7.62. The Balaban J connectivity index is 1.71. The number of amides is 2. The predicted molar refractivity (Wildman–Crippen MR) is 81.0 cm³/mol. The molecular formula is C15H21N3O2S. The zero-order chi connectivity index (χ0) is 15.0. The number of hydrogen-bond acceptors (Lipinski definition) is 4. The molecule has 1 aliphatic carbocycles. The van der Waals surface area contributed by atoms with E-state index in [2.05, 4.69) is 10.3 Å². The van der Waals surface area contributed by atoms with Crippen molar-refractivity contribution in [1.82, 2.24) is 15.2 Å². The minimum absolute atomic E-state index is 0.00400. The molecule has 2 amide bonds. The summed E-state index contributed by atoms with van der Waals surface area (Å²) in [5.74, 6) is 0.449. The topological polar surface area (TPSA) is 62.3 Å². The van der Waals surface area contributed by atoms with Gasteiger partial charge in [0.05, 0.1) is 5.01 Å². The predicted octanol–water partition coefficient (Wildman–Crippen LogP) is 1.51. The summed E-state index contributed by atoms with van der Waals surface area (Å²) in [5.41, 5.74) is 1.01. The van der Waals surface area contributed by atoms with Crippen molar-refractivity contribution in [3.63, 3.8) is 0 Å².